The maximum absolute atomic E-state index is 12.1. The SMILES string of the molecule is O=C(NN=Cc1cn(-c2ccccc2)nc1-c1ccccc1)c1ccncc1. The Morgan fingerprint density at radius 3 is 2.32 bits per heavy atom. The molecule has 2 heterocycles. The molecular formula is C22H17N5O. The molecule has 0 aliphatic heterocycles. The average Bonchev–Trinajstić information content (AvgIpc) is 3.20. The van der Waals surface area contributed by atoms with E-state index in [1.165, 1.54) is 0 Å². The fraction of sp³-hybridized carbons (Fsp3) is 0. The molecule has 0 bridgehead atoms. The molecule has 0 saturated heterocycles. The second-order valence-electron chi connectivity index (χ2n) is 6.01. The summed E-state index contributed by atoms with van der Waals surface area (Å²) in [6.07, 6.45) is 6.62. The number of aromatic nitrogens is 3. The van der Waals surface area contributed by atoms with Crippen LogP contribution in [0.15, 0.2) is 96.5 Å². The summed E-state index contributed by atoms with van der Waals surface area (Å²) in [5.74, 6) is -0.296. The first kappa shape index (κ1) is 17.4. The van der Waals surface area contributed by atoms with Crippen LogP contribution in [0.5, 0.6) is 0 Å². The van der Waals surface area contributed by atoms with Gasteiger partial charge in [-0.1, -0.05) is 48.5 Å². The number of nitrogens with one attached hydrogen (secondary N) is 1. The van der Waals surface area contributed by atoms with Crippen molar-refractivity contribution in [2.45, 2.75) is 0 Å². The molecule has 0 aliphatic carbocycles. The predicted octanol–water partition coefficient (Wildman–Crippen LogP) is 3.70. The van der Waals surface area contributed by atoms with Gasteiger partial charge in [0, 0.05) is 35.3 Å². The van der Waals surface area contributed by atoms with Crippen LogP contribution in [0.2, 0.25) is 0 Å². The number of nitrogens with zero attached hydrogens (tertiary/aromatic N) is 4. The van der Waals surface area contributed by atoms with Crippen molar-refractivity contribution >= 4 is 12.1 Å². The Morgan fingerprint density at radius 1 is 0.929 bits per heavy atom. The maximum Gasteiger partial charge on any atom is 0.271 e. The predicted molar refractivity (Wildman–Crippen MR) is 108 cm³/mol. The number of hydrogen-bond donors (Lipinski definition) is 1. The lowest BCUT2D eigenvalue weighted by molar-refractivity contribution is 0.0955. The van der Waals surface area contributed by atoms with Gasteiger partial charge in [0.2, 0.25) is 0 Å². The molecule has 0 spiro atoms. The standard InChI is InChI=1S/C22H17N5O/c28-22(18-11-13-23-14-12-18)25-24-15-19-16-27(20-9-5-2-6-10-20)26-21(19)17-7-3-1-4-8-17/h1-16H,(H,25,28). The third-order valence-corrected chi connectivity index (χ3v) is 4.12. The largest absolute Gasteiger partial charge is 0.271 e. The third-order valence-electron chi connectivity index (χ3n) is 4.12. The topological polar surface area (TPSA) is 72.2 Å². The van der Waals surface area contributed by atoms with Gasteiger partial charge in [-0.05, 0) is 24.3 Å². The van der Waals surface area contributed by atoms with Crippen LogP contribution in [-0.2, 0) is 0 Å². The monoisotopic (exact) mass is 367 g/mol. The number of pyridine rings is 1. The van der Waals surface area contributed by atoms with Gasteiger partial charge in [-0.3, -0.25) is 9.78 Å². The van der Waals surface area contributed by atoms with Crippen molar-refractivity contribution in [1.29, 1.82) is 0 Å². The number of hydrazone groups is 1. The summed E-state index contributed by atoms with van der Waals surface area (Å²) >= 11 is 0. The maximum atomic E-state index is 12.1. The second kappa shape index (κ2) is 8.09. The average molecular weight is 367 g/mol. The van der Waals surface area contributed by atoms with Crippen molar-refractivity contribution in [2.75, 3.05) is 0 Å². The molecule has 0 fully saturated rings. The first-order valence-electron chi connectivity index (χ1n) is 8.75. The molecule has 0 saturated carbocycles. The van der Waals surface area contributed by atoms with E-state index in [0.29, 0.717) is 5.56 Å². The molecule has 1 amide bonds. The van der Waals surface area contributed by atoms with E-state index in [1.54, 1.807) is 35.4 Å². The van der Waals surface area contributed by atoms with E-state index in [-0.39, 0.29) is 5.91 Å². The Labute approximate surface area is 162 Å². The van der Waals surface area contributed by atoms with Gasteiger partial charge in [-0.2, -0.15) is 10.2 Å². The van der Waals surface area contributed by atoms with Gasteiger partial charge in [0.1, 0.15) is 5.69 Å². The molecule has 4 rings (SSSR count). The fourth-order valence-corrected chi connectivity index (χ4v) is 2.74. The quantitative estimate of drug-likeness (QED) is 0.432. The van der Waals surface area contributed by atoms with Crippen LogP contribution in [0.4, 0.5) is 0 Å². The minimum absolute atomic E-state index is 0.296. The van der Waals surface area contributed by atoms with Crippen molar-refractivity contribution in [3.05, 3.63) is 103 Å². The van der Waals surface area contributed by atoms with Crippen molar-refractivity contribution in [3.8, 4) is 16.9 Å². The molecule has 136 valence electrons. The molecule has 6 nitrogen and oxygen atoms in total. The zero-order chi connectivity index (χ0) is 19.2. The summed E-state index contributed by atoms with van der Waals surface area (Å²) in [6, 6.07) is 23.0. The van der Waals surface area contributed by atoms with Gasteiger partial charge in [-0.15, -0.1) is 0 Å². The highest BCUT2D eigenvalue weighted by atomic mass is 16.2. The van der Waals surface area contributed by atoms with E-state index in [1.807, 2.05) is 66.9 Å². The van der Waals surface area contributed by atoms with Crippen molar-refractivity contribution in [1.82, 2.24) is 20.2 Å². The summed E-state index contributed by atoms with van der Waals surface area (Å²) in [5.41, 5.74) is 6.53. The molecule has 2 aromatic heterocycles. The Hall–Kier alpha value is -4.06. The molecule has 0 unspecified atom stereocenters. The van der Waals surface area contributed by atoms with Crippen molar-refractivity contribution < 1.29 is 4.79 Å². The Kier molecular flexibility index (Phi) is 5.02. The van der Waals surface area contributed by atoms with Crippen LogP contribution in [0, 0.1) is 0 Å². The molecular weight excluding hydrogens is 350 g/mol. The van der Waals surface area contributed by atoms with Crippen molar-refractivity contribution in [3.63, 3.8) is 0 Å². The number of rotatable bonds is 5. The van der Waals surface area contributed by atoms with E-state index < -0.39 is 0 Å². The van der Waals surface area contributed by atoms with E-state index in [9.17, 15) is 4.79 Å². The van der Waals surface area contributed by atoms with E-state index in [0.717, 1.165) is 22.5 Å². The number of para-hydroxylation sites is 1. The molecule has 2 aromatic carbocycles. The number of carbonyl (C=O) groups excluding carboxylic acids is 1. The van der Waals surface area contributed by atoms with Gasteiger partial charge >= 0.3 is 0 Å². The Bertz CT molecular complexity index is 1090. The zero-order valence-electron chi connectivity index (χ0n) is 14.9. The van der Waals surface area contributed by atoms with Gasteiger partial charge in [0.15, 0.2) is 0 Å². The van der Waals surface area contributed by atoms with Crippen LogP contribution in [0.3, 0.4) is 0 Å². The highest BCUT2D eigenvalue weighted by molar-refractivity contribution is 5.95. The molecule has 0 aliphatic rings. The number of hydrogen-bond acceptors (Lipinski definition) is 4. The lowest BCUT2D eigenvalue weighted by Crippen LogP contribution is -2.17. The van der Waals surface area contributed by atoms with Crippen LogP contribution in [-0.4, -0.2) is 26.9 Å². The number of carbonyl (C=O) groups is 1. The first-order chi connectivity index (χ1) is 13.8. The fourth-order valence-electron chi connectivity index (χ4n) is 2.74. The van der Waals surface area contributed by atoms with Crippen LogP contribution < -0.4 is 5.43 Å². The summed E-state index contributed by atoms with van der Waals surface area (Å²) < 4.78 is 1.80. The lowest BCUT2D eigenvalue weighted by atomic mass is 10.1. The smallest absolute Gasteiger partial charge is 0.267 e. The molecule has 0 radical (unpaired) electrons. The molecule has 28 heavy (non-hydrogen) atoms. The highest BCUT2D eigenvalue weighted by Gasteiger charge is 2.11. The highest BCUT2D eigenvalue weighted by Crippen LogP contribution is 2.22. The first-order valence-corrected chi connectivity index (χ1v) is 8.75. The van der Waals surface area contributed by atoms with Gasteiger partial charge in [0.05, 0.1) is 11.9 Å². The van der Waals surface area contributed by atoms with E-state index >= 15 is 0 Å². The minimum atomic E-state index is -0.296. The second-order valence-corrected chi connectivity index (χ2v) is 6.01. The van der Waals surface area contributed by atoms with Gasteiger partial charge < -0.3 is 0 Å². The Morgan fingerprint density at radius 2 is 1.61 bits per heavy atom. The summed E-state index contributed by atoms with van der Waals surface area (Å²) in [5, 5.41) is 8.82. The number of benzene rings is 2. The summed E-state index contributed by atoms with van der Waals surface area (Å²) in [4.78, 5) is 16.0. The van der Waals surface area contributed by atoms with Crippen LogP contribution >= 0.6 is 0 Å². The molecule has 1 N–H and O–H groups in total. The molecule has 4 aromatic rings. The normalized spacial score (nSPS) is 10.9. The third kappa shape index (κ3) is 3.86. The van der Waals surface area contributed by atoms with Gasteiger partial charge in [-0.25, -0.2) is 10.1 Å². The summed E-state index contributed by atoms with van der Waals surface area (Å²) in [7, 11) is 0. The Balaban J connectivity index is 1.63. The van der Waals surface area contributed by atoms with Crippen LogP contribution in [0.25, 0.3) is 16.9 Å². The van der Waals surface area contributed by atoms with E-state index in [2.05, 4.69) is 15.5 Å². The lowest BCUT2D eigenvalue weighted by Gasteiger charge is -2.00. The molecule has 0 atom stereocenters. The minimum Gasteiger partial charge on any atom is -0.267 e. The van der Waals surface area contributed by atoms with E-state index in [4.69, 9.17) is 5.10 Å². The summed E-state index contributed by atoms with van der Waals surface area (Å²) in [6.45, 7) is 0. The van der Waals surface area contributed by atoms with Crippen LogP contribution in [0.1, 0.15) is 15.9 Å². The van der Waals surface area contributed by atoms with Gasteiger partial charge in [0.25, 0.3) is 5.91 Å². The number of amides is 1. The van der Waals surface area contributed by atoms with Crippen molar-refractivity contribution in [2.24, 2.45) is 5.10 Å². The molecule has 6 heteroatoms. The zero-order valence-corrected chi connectivity index (χ0v) is 14.9.